The second-order valence-electron chi connectivity index (χ2n) is 6.23. The Kier molecular flexibility index (Phi) is 2.12. The predicted octanol–water partition coefficient (Wildman–Crippen LogP) is 2.42. The van der Waals surface area contributed by atoms with Gasteiger partial charge in [-0.15, -0.1) is 0 Å². The summed E-state index contributed by atoms with van der Waals surface area (Å²) in [7, 11) is 0. The molecule has 2 nitrogen and oxygen atoms in total. The van der Waals surface area contributed by atoms with E-state index in [2.05, 4.69) is 29.6 Å². The molecule has 2 saturated carbocycles. The van der Waals surface area contributed by atoms with Crippen molar-refractivity contribution in [2.24, 2.45) is 11.8 Å². The molecule has 4 rings (SSSR count). The normalized spacial score (nSPS) is 32.3. The Bertz CT molecular complexity index is 506. The van der Waals surface area contributed by atoms with E-state index >= 15 is 0 Å². The number of aryl methyl sites for hydroxylation is 1. The number of amides is 1. The Morgan fingerprint density at radius 3 is 3.00 bits per heavy atom. The molecule has 18 heavy (non-hydrogen) atoms. The van der Waals surface area contributed by atoms with E-state index in [9.17, 15) is 4.79 Å². The number of fused-ring (bicyclic) bond motifs is 2. The Labute approximate surface area is 108 Å². The van der Waals surface area contributed by atoms with Gasteiger partial charge in [-0.1, -0.05) is 24.3 Å². The Morgan fingerprint density at radius 2 is 2.17 bits per heavy atom. The number of rotatable bonds is 3. The second kappa shape index (κ2) is 3.59. The molecular weight excluding hydrogens is 222 g/mol. The van der Waals surface area contributed by atoms with E-state index in [4.69, 9.17) is 0 Å². The van der Waals surface area contributed by atoms with Gasteiger partial charge in [-0.25, -0.2) is 0 Å². The van der Waals surface area contributed by atoms with Crippen LogP contribution in [0.25, 0.3) is 0 Å². The zero-order valence-electron chi connectivity index (χ0n) is 10.6. The van der Waals surface area contributed by atoms with E-state index in [1.54, 1.807) is 5.56 Å². The lowest BCUT2D eigenvalue weighted by molar-refractivity contribution is -0.122. The van der Waals surface area contributed by atoms with Crippen LogP contribution in [0.15, 0.2) is 24.3 Å². The average molecular weight is 241 g/mol. The summed E-state index contributed by atoms with van der Waals surface area (Å²) in [6.07, 6.45) is 5.99. The molecule has 1 amide bonds. The lowest BCUT2D eigenvalue weighted by atomic mass is 9.95. The van der Waals surface area contributed by atoms with Gasteiger partial charge >= 0.3 is 0 Å². The van der Waals surface area contributed by atoms with Gasteiger partial charge in [0.25, 0.3) is 0 Å². The zero-order chi connectivity index (χ0) is 12.2. The Morgan fingerprint density at radius 1 is 1.33 bits per heavy atom. The molecule has 94 valence electrons. The van der Waals surface area contributed by atoms with E-state index < -0.39 is 0 Å². The number of hydrogen-bond donors (Lipinski definition) is 1. The minimum atomic E-state index is 0.295. The fourth-order valence-corrected chi connectivity index (χ4v) is 3.71. The summed E-state index contributed by atoms with van der Waals surface area (Å²) >= 11 is 0. The van der Waals surface area contributed by atoms with E-state index in [1.807, 2.05) is 0 Å². The predicted molar refractivity (Wildman–Crippen MR) is 70.3 cm³/mol. The van der Waals surface area contributed by atoms with Gasteiger partial charge in [0, 0.05) is 17.9 Å². The molecule has 1 N–H and O–H groups in total. The topological polar surface area (TPSA) is 29.1 Å². The molecule has 0 radical (unpaired) electrons. The van der Waals surface area contributed by atoms with Gasteiger partial charge in [0.05, 0.1) is 0 Å². The van der Waals surface area contributed by atoms with Crippen LogP contribution in [-0.4, -0.2) is 12.5 Å². The van der Waals surface area contributed by atoms with Crippen molar-refractivity contribution in [3.63, 3.8) is 0 Å². The van der Waals surface area contributed by atoms with Crippen LogP contribution in [0.3, 0.4) is 0 Å². The molecule has 1 aromatic carbocycles. The molecule has 0 heterocycles. The first-order valence-corrected chi connectivity index (χ1v) is 7.16. The van der Waals surface area contributed by atoms with Gasteiger partial charge < -0.3 is 5.32 Å². The molecule has 3 aliphatic rings. The molecule has 2 atom stereocenters. The first-order chi connectivity index (χ1) is 8.79. The highest BCUT2D eigenvalue weighted by atomic mass is 16.2. The van der Waals surface area contributed by atoms with Crippen molar-refractivity contribution in [1.82, 2.24) is 5.32 Å². The number of carbonyl (C=O) groups excluding carboxylic acids is 1. The SMILES string of the molecule is O=C(NC[C@H]1C[C@@]12CCc1ccccc12)C1CC1. The van der Waals surface area contributed by atoms with Gasteiger partial charge in [0.15, 0.2) is 0 Å². The highest BCUT2D eigenvalue weighted by Gasteiger charge is 2.57. The fourth-order valence-electron chi connectivity index (χ4n) is 3.71. The third-order valence-electron chi connectivity index (χ3n) is 5.10. The zero-order valence-corrected chi connectivity index (χ0v) is 10.6. The fraction of sp³-hybridized carbons (Fsp3) is 0.562. The lowest BCUT2D eigenvalue weighted by Gasteiger charge is -2.12. The number of carbonyl (C=O) groups is 1. The highest BCUT2D eigenvalue weighted by molar-refractivity contribution is 5.80. The summed E-state index contributed by atoms with van der Waals surface area (Å²) in [6.45, 7) is 0.893. The van der Waals surface area contributed by atoms with Gasteiger partial charge in [0.1, 0.15) is 0 Å². The largest absolute Gasteiger partial charge is 0.356 e. The minimum absolute atomic E-state index is 0.295. The molecular formula is C16H19NO. The van der Waals surface area contributed by atoms with Crippen LogP contribution in [0.4, 0.5) is 0 Å². The summed E-state index contributed by atoms with van der Waals surface area (Å²) in [5.74, 6) is 1.32. The van der Waals surface area contributed by atoms with Crippen molar-refractivity contribution < 1.29 is 4.79 Å². The molecule has 0 bridgehead atoms. The quantitative estimate of drug-likeness (QED) is 0.865. The van der Waals surface area contributed by atoms with Crippen LogP contribution < -0.4 is 5.32 Å². The van der Waals surface area contributed by atoms with Crippen molar-refractivity contribution in [2.75, 3.05) is 6.54 Å². The Balaban J connectivity index is 1.44. The second-order valence-corrected chi connectivity index (χ2v) is 6.23. The van der Waals surface area contributed by atoms with Crippen LogP contribution in [0.5, 0.6) is 0 Å². The smallest absolute Gasteiger partial charge is 0.223 e. The van der Waals surface area contributed by atoms with Gasteiger partial charge in [-0.05, 0) is 49.1 Å². The number of hydrogen-bond acceptors (Lipinski definition) is 1. The van der Waals surface area contributed by atoms with Crippen molar-refractivity contribution in [3.8, 4) is 0 Å². The maximum Gasteiger partial charge on any atom is 0.223 e. The van der Waals surface area contributed by atoms with E-state index in [0.717, 1.165) is 19.4 Å². The summed E-state index contributed by atoms with van der Waals surface area (Å²) in [4.78, 5) is 11.7. The monoisotopic (exact) mass is 241 g/mol. The van der Waals surface area contributed by atoms with E-state index in [-0.39, 0.29) is 0 Å². The first-order valence-electron chi connectivity index (χ1n) is 7.16. The maximum atomic E-state index is 11.7. The van der Waals surface area contributed by atoms with Gasteiger partial charge in [0.2, 0.25) is 5.91 Å². The van der Waals surface area contributed by atoms with Crippen molar-refractivity contribution in [2.45, 2.75) is 37.5 Å². The summed E-state index contributed by atoms with van der Waals surface area (Å²) in [6, 6.07) is 8.86. The molecule has 0 unspecified atom stereocenters. The minimum Gasteiger partial charge on any atom is -0.356 e. The number of benzene rings is 1. The van der Waals surface area contributed by atoms with Crippen molar-refractivity contribution in [3.05, 3.63) is 35.4 Å². The van der Waals surface area contributed by atoms with Gasteiger partial charge in [-0.2, -0.15) is 0 Å². The molecule has 0 aliphatic heterocycles. The van der Waals surface area contributed by atoms with Crippen LogP contribution in [0.1, 0.15) is 36.8 Å². The molecule has 2 fully saturated rings. The lowest BCUT2D eigenvalue weighted by Crippen LogP contribution is -2.28. The molecule has 1 aromatic rings. The third kappa shape index (κ3) is 1.51. The summed E-state index contributed by atoms with van der Waals surface area (Å²) in [5, 5.41) is 3.15. The highest BCUT2D eigenvalue weighted by Crippen LogP contribution is 2.61. The van der Waals surface area contributed by atoms with E-state index in [0.29, 0.717) is 23.2 Å². The molecule has 0 aromatic heterocycles. The average Bonchev–Trinajstić information content (AvgIpc) is 3.28. The van der Waals surface area contributed by atoms with E-state index in [1.165, 1.54) is 24.8 Å². The van der Waals surface area contributed by atoms with Crippen molar-refractivity contribution in [1.29, 1.82) is 0 Å². The summed E-state index contributed by atoms with van der Waals surface area (Å²) < 4.78 is 0. The molecule has 3 aliphatic carbocycles. The van der Waals surface area contributed by atoms with Crippen LogP contribution in [0, 0.1) is 11.8 Å². The van der Waals surface area contributed by atoms with Crippen molar-refractivity contribution >= 4 is 5.91 Å². The first kappa shape index (κ1) is 10.6. The Hall–Kier alpha value is -1.31. The molecule has 0 saturated heterocycles. The van der Waals surface area contributed by atoms with Crippen LogP contribution in [0.2, 0.25) is 0 Å². The molecule has 1 spiro atoms. The number of nitrogens with one attached hydrogen (secondary N) is 1. The maximum absolute atomic E-state index is 11.7. The van der Waals surface area contributed by atoms with Crippen LogP contribution >= 0.6 is 0 Å². The standard InChI is InChI=1S/C16H19NO/c18-15(12-5-6-12)17-10-13-9-16(13)8-7-11-3-1-2-4-14(11)16/h1-4,12-13H,5-10H2,(H,17,18)/t13-,16+/m1/s1. The third-order valence-corrected chi connectivity index (χ3v) is 5.10. The van der Waals surface area contributed by atoms with Crippen LogP contribution in [-0.2, 0) is 16.6 Å². The summed E-state index contributed by atoms with van der Waals surface area (Å²) in [5.41, 5.74) is 3.53. The molecule has 2 heteroatoms. The van der Waals surface area contributed by atoms with Gasteiger partial charge in [-0.3, -0.25) is 4.79 Å².